The van der Waals surface area contributed by atoms with E-state index in [1.54, 1.807) is 0 Å². The number of hydrogen-bond donors (Lipinski definition) is 1. The Balaban J connectivity index is 2.90. The fraction of sp³-hybridized carbons (Fsp3) is 0.333. The van der Waals surface area contributed by atoms with Crippen molar-refractivity contribution < 1.29 is 27.1 Å². The largest absolute Gasteiger partial charge is 0.391 e. The normalized spacial score (nSPS) is 14.0. The van der Waals surface area contributed by atoms with Crippen molar-refractivity contribution in [2.45, 2.75) is 18.7 Å². The van der Waals surface area contributed by atoms with Gasteiger partial charge in [0.1, 0.15) is 11.6 Å². The predicted octanol–water partition coefficient (Wildman–Crippen LogP) is 2.95. The number of hydrogen-bond acceptors (Lipinski definition) is 1. The molecule has 1 rings (SSSR count). The van der Waals surface area contributed by atoms with Crippen LogP contribution in [0, 0.1) is 11.6 Å². The molecule has 0 spiro atoms. The molecule has 84 valence electrons. The monoisotopic (exact) mass is 226 g/mol. The maximum Gasteiger partial charge on any atom is 0.391 e. The Bertz CT molecular complexity index is 347. The Morgan fingerprint density at radius 3 is 2.33 bits per heavy atom. The van der Waals surface area contributed by atoms with Crippen molar-refractivity contribution in [3.05, 3.63) is 35.4 Å². The molecule has 0 bridgehead atoms. The fourth-order valence-corrected chi connectivity index (χ4v) is 1.10. The van der Waals surface area contributed by atoms with Crippen LogP contribution in [0.4, 0.5) is 22.0 Å². The van der Waals surface area contributed by atoms with Gasteiger partial charge in [0.2, 0.25) is 0 Å². The first-order valence-corrected chi connectivity index (χ1v) is 3.99. The maximum absolute atomic E-state index is 12.9. The van der Waals surface area contributed by atoms with Crippen LogP contribution < -0.4 is 0 Å². The first kappa shape index (κ1) is 11.9. The topological polar surface area (TPSA) is 20.2 Å². The van der Waals surface area contributed by atoms with Gasteiger partial charge in [-0.05, 0) is 18.2 Å². The summed E-state index contributed by atoms with van der Waals surface area (Å²) >= 11 is 0. The molecule has 0 aliphatic heterocycles. The van der Waals surface area contributed by atoms with Gasteiger partial charge in [-0.1, -0.05) is 0 Å². The Morgan fingerprint density at radius 2 is 1.80 bits per heavy atom. The van der Waals surface area contributed by atoms with Crippen LogP contribution in [0.15, 0.2) is 18.2 Å². The highest BCUT2D eigenvalue weighted by Gasteiger charge is 2.32. The van der Waals surface area contributed by atoms with Crippen molar-refractivity contribution >= 4 is 0 Å². The van der Waals surface area contributed by atoms with E-state index in [0.717, 1.165) is 6.07 Å². The van der Waals surface area contributed by atoms with Crippen LogP contribution in [0.3, 0.4) is 0 Å². The molecule has 0 aliphatic carbocycles. The van der Waals surface area contributed by atoms with Gasteiger partial charge >= 0.3 is 6.18 Å². The number of aliphatic hydroxyl groups is 1. The van der Waals surface area contributed by atoms with Crippen molar-refractivity contribution in [1.29, 1.82) is 0 Å². The van der Waals surface area contributed by atoms with E-state index in [9.17, 15) is 22.0 Å². The zero-order valence-corrected chi connectivity index (χ0v) is 7.35. The number of aliphatic hydroxyl groups excluding tert-OH is 1. The highest BCUT2D eigenvalue weighted by molar-refractivity contribution is 5.21. The first-order chi connectivity index (χ1) is 6.79. The van der Waals surface area contributed by atoms with Crippen LogP contribution in [0.2, 0.25) is 0 Å². The molecule has 0 radical (unpaired) electrons. The van der Waals surface area contributed by atoms with Gasteiger partial charge in [-0.2, -0.15) is 13.2 Å². The van der Waals surface area contributed by atoms with Crippen molar-refractivity contribution in [2.24, 2.45) is 0 Å². The molecule has 0 aliphatic rings. The highest BCUT2D eigenvalue weighted by Crippen LogP contribution is 2.30. The molecule has 15 heavy (non-hydrogen) atoms. The first-order valence-electron chi connectivity index (χ1n) is 3.99. The van der Waals surface area contributed by atoms with Gasteiger partial charge in [0, 0.05) is 5.56 Å². The summed E-state index contributed by atoms with van der Waals surface area (Å²) in [6, 6.07) is 1.98. The van der Waals surface area contributed by atoms with Gasteiger partial charge < -0.3 is 5.11 Å². The molecule has 1 N–H and O–H groups in total. The van der Waals surface area contributed by atoms with E-state index >= 15 is 0 Å². The summed E-state index contributed by atoms with van der Waals surface area (Å²) in [6.45, 7) is 0. The van der Waals surface area contributed by atoms with Gasteiger partial charge in [-0.15, -0.1) is 0 Å². The molecule has 1 aromatic rings. The number of halogens is 5. The molecule has 0 aromatic heterocycles. The molecule has 0 fully saturated rings. The molecule has 6 heteroatoms. The molecule has 0 amide bonds. The summed E-state index contributed by atoms with van der Waals surface area (Å²) in [4.78, 5) is 0. The Hall–Kier alpha value is -1.17. The maximum atomic E-state index is 12.9. The fourth-order valence-electron chi connectivity index (χ4n) is 1.10. The van der Waals surface area contributed by atoms with Gasteiger partial charge in [-0.3, -0.25) is 0 Å². The predicted molar refractivity (Wildman–Crippen MR) is 42.0 cm³/mol. The van der Waals surface area contributed by atoms with E-state index in [4.69, 9.17) is 5.11 Å². The van der Waals surface area contributed by atoms with Crippen LogP contribution in [0.25, 0.3) is 0 Å². The van der Waals surface area contributed by atoms with Crippen molar-refractivity contribution in [3.63, 3.8) is 0 Å². The molecule has 1 nitrogen and oxygen atoms in total. The summed E-state index contributed by atoms with van der Waals surface area (Å²) in [5, 5.41) is 9.03. The molecule has 1 atom stereocenters. The van der Waals surface area contributed by atoms with Crippen molar-refractivity contribution in [2.75, 3.05) is 0 Å². The summed E-state index contributed by atoms with van der Waals surface area (Å²) in [7, 11) is 0. The third kappa shape index (κ3) is 3.47. The second kappa shape index (κ2) is 4.14. The quantitative estimate of drug-likeness (QED) is 0.768. The third-order valence-corrected chi connectivity index (χ3v) is 1.74. The Morgan fingerprint density at radius 1 is 1.20 bits per heavy atom. The minimum Gasteiger partial charge on any atom is -0.388 e. The van der Waals surface area contributed by atoms with E-state index in [-0.39, 0.29) is 0 Å². The number of rotatable bonds is 2. The van der Waals surface area contributed by atoms with Crippen LogP contribution in [-0.4, -0.2) is 11.3 Å². The standard InChI is InChI=1S/C9H7F5O/c10-5-1-2-7(11)6(3-5)8(15)4-9(12,13)14/h1-3,8,15H,4H2. The third-order valence-electron chi connectivity index (χ3n) is 1.74. The van der Waals surface area contributed by atoms with E-state index < -0.39 is 35.9 Å². The smallest absolute Gasteiger partial charge is 0.388 e. The Labute approximate surface area is 82.1 Å². The van der Waals surface area contributed by atoms with Gasteiger partial charge in [0.05, 0.1) is 12.5 Å². The summed E-state index contributed by atoms with van der Waals surface area (Å²) in [6.07, 6.45) is -8.31. The molecular weight excluding hydrogens is 219 g/mol. The molecule has 0 saturated heterocycles. The van der Waals surface area contributed by atoms with E-state index in [1.807, 2.05) is 0 Å². The molecule has 1 unspecified atom stereocenters. The Kier molecular flexibility index (Phi) is 3.28. The average Bonchev–Trinajstić information content (AvgIpc) is 2.06. The number of alkyl halides is 3. The molecule has 0 heterocycles. The van der Waals surface area contributed by atoms with Crippen LogP contribution in [0.1, 0.15) is 18.1 Å². The average molecular weight is 226 g/mol. The summed E-state index contributed by atoms with van der Waals surface area (Å²) in [5.74, 6) is -1.96. The highest BCUT2D eigenvalue weighted by atomic mass is 19.4. The van der Waals surface area contributed by atoms with Crippen molar-refractivity contribution in [1.82, 2.24) is 0 Å². The molecule has 1 aromatic carbocycles. The van der Waals surface area contributed by atoms with Gasteiger partial charge in [-0.25, -0.2) is 8.78 Å². The second-order valence-electron chi connectivity index (χ2n) is 3.00. The van der Waals surface area contributed by atoms with Gasteiger partial charge in [0.15, 0.2) is 0 Å². The van der Waals surface area contributed by atoms with Crippen molar-refractivity contribution in [3.8, 4) is 0 Å². The lowest BCUT2D eigenvalue weighted by Gasteiger charge is -2.14. The number of benzene rings is 1. The minimum atomic E-state index is -4.63. The molecular formula is C9H7F5O. The zero-order chi connectivity index (χ0) is 11.6. The van der Waals surface area contributed by atoms with Crippen LogP contribution >= 0.6 is 0 Å². The lowest BCUT2D eigenvalue weighted by Crippen LogP contribution is -2.14. The van der Waals surface area contributed by atoms with Crippen LogP contribution in [0.5, 0.6) is 0 Å². The molecule has 0 saturated carbocycles. The van der Waals surface area contributed by atoms with E-state index in [1.165, 1.54) is 0 Å². The minimum absolute atomic E-state index is 0.547. The SMILES string of the molecule is OC(CC(F)(F)F)c1cc(F)ccc1F. The van der Waals surface area contributed by atoms with Gasteiger partial charge in [0.25, 0.3) is 0 Å². The lowest BCUT2D eigenvalue weighted by atomic mass is 10.1. The lowest BCUT2D eigenvalue weighted by molar-refractivity contribution is -0.154. The summed E-state index contributed by atoms with van der Waals surface area (Å²) < 4.78 is 61.0. The second-order valence-corrected chi connectivity index (χ2v) is 3.00. The van der Waals surface area contributed by atoms with E-state index in [0.29, 0.717) is 12.1 Å². The van der Waals surface area contributed by atoms with E-state index in [2.05, 4.69) is 0 Å². The van der Waals surface area contributed by atoms with Crippen LogP contribution in [-0.2, 0) is 0 Å². The summed E-state index contributed by atoms with van der Waals surface area (Å²) in [5.41, 5.74) is -0.688. The zero-order valence-electron chi connectivity index (χ0n) is 7.35.